The third-order valence-electron chi connectivity index (χ3n) is 4.53. The van der Waals surface area contributed by atoms with Crippen molar-refractivity contribution in [1.82, 2.24) is 4.98 Å². The Morgan fingerprint density at radius 1 is 1.28 bits per heavy atom. The summed E-state index contributed by atoms with van der Waals surface area (Å²) in [6.45, 7) is 3.64. The Kier molecular flexibility index (Phi) is 4.94. The molecule has 0 fully saturated rings. The number of methoxy groups -OCH3 is 1. The molecule has 1 atom stereocenters. The molecule has 0 spiro atoms. The minimum Gasteiger partial charge on any atom is -0.497 e. The maximum absolute atomic E-state index is 12.5. The summed E-state index contributed by atoms with van der Waals surface area (Å²) in [5.41, 5.74) is 2.67. The topological polar surface area (TPSA) is 89.5 Å². The number of aromatic nitrogens is 1. The van der Waals surface area contributed by atoms with E-state index in [4.69, 9.17) is 9.47 Å². The third-order valence-corrected chi connectivity index (χ3v) is 5.42. The van der Waals surface area contributed by atoms with Crippen LogP contribution in [0.15, 0.2) is 42.5 Å². The fourth-order valence-corrected chi connectivity index (χ4v) is 3.84. The van der Waals surface area contributed by atoms with Crippen molar-refractivity contribution in [1.29, 1.82) is 0 Å². The number of fused-ring (bicyclic) bond motifs is 1. The summed E-state index contributed by atoms with van der Waals surface area (Å²) in [4.78, 5) is 29.9. The summed E-state index contributed by atoms with van der Waals surface area (Å²) in [5, 5.41) is 6.17. The maximum Gasteiger partial charge on any atom is 0.265 e. The van der Waals surface area contributed by atoms with E-state index in [9.17, 15) is 9.59 Å². The molecule has 7 nitrogen and oxygen atoms in total. The van der Waals surface area contributed by atoms with E-state index >= 15 is 0 Å². The van der Waals surface area contributed by atoms with Crippen molar-refractivity contribution in [2.75, 3.05) is 17.7 Å². The van der Waals surface area contributed by atoms with E-state index in [0.29, 0.717) is 27.9 Å². The number of amides is 2. The average molecular weight is 409 g/mol. The molecule has 0 saturated heterocycles. The van der Waals surface area contributed by atoms with Crippen molar-refractivity contribution >= 4 is 34.0 Å². The highest BCUT2D eigenvalue weighted by molar-refractivity contribution is 7.16. The lowest BCUT2D eigenvalue weighted by atomic mass is 10.1. The Morgan fingerprint density at radius 3 is 2.90 bits per heavy atom. The lowest BCUT2D eigenvalue weighted by Gasteiger charge is -2.23. The van der Waals surface area contributed by atoms with Crippen molar-refractivity contribution in [2.45, 2.75) is 20.0 Å². The smallest absolute Gasteiger partial charge is 0.265 e. The summed E-state index contributed by atoms with van der Waals surface area (Å²) in [7, 11) is 1.56. The van der Waals surface area contributed by atoms with Gasteiger partial charge in [-0.15, -0.1) is 11.3 Å². The standard InChI is InChI=1S/C21H19N3O4S/c1-11-19(25)22-16-10-13(7-8-17(16)28-11)18-12(2)29-21(23-18)24-20(26)14-5-4-6-15(9-14)27-3/h4-11H,1-3H3,(H,22,25)(H,23,24,26)/t11-/m1/s1. The zero-order valence-corrected chi connectivity index (χ0v) is 16.9. The Labute approximate surface area is 171 Å². The molecule has 3 aromatic rings. The monoisotopic (exact) mass is 409 g/mol. The SMILES string of the molecule is COc1cccc(C(=O)Nc2nc(-c3ccc4c(c3)NC(=O)[C@@H](C)O4)c(C)s2)c1. The third kappa shape index (κ3) is 3.79. The van der Waals surface area contributed by atoms with Gasteiger partial charge in [-0.05, 0) is 50.2 Å². The van der Waals surface area contributed by atoms with E-state index in [-0.39, 0.29) is 11.8 Å². The van der Waals surface area contributed by atoms with E-state index in [1.807, 2.05) is 25.1 Å². The van der Waals surface area contributed by atoms with Crippen molar-refractivity contribution < 1.29 is 19.1 Å². The lowest BCUT2D eigenvalue weighted by Crippen LogP contribution is -2.34. The number of benzene rings is 2. The predicted molar refractivity (Wildman–Crippen MR) is 112 cm³/mol. The number of thiazole rings is 1. The number of aryl methyl sites for hydroxylation is 1. The normalized spacial score (nSPS) is 15.1. The first-order valence-corrected chi connectivity index (χ1v) is 9.81. The molecule has 2 N–H and O–H groups in total. The van der Waals surface area contributed by atoms with Crippen LogP contribution in [0.3, 0.4) is 0 Å². The molecule has 0 bridgehead atoms. The Balaban J connectivity index is 1.58. The van der Waals surface area contributed by atoms with Gasteiger partial charge in [0, 0.05) is 16.0 Å². The van der Waals surface area contributed by atoms with E-state index in [2.05, 4.69) is 15.6 Å². The number of carbonyl (C=O) groups excluding carboxylic acids is 2. The van der Waals surface area contributed by atoms with Gasteiger partial charge in [-0.3, -0.25) is 14.9 Å². The molecule has 8 heteroatoms. The van der Waals surface area contributed by atoms with Crippen LogP contribution in [-0.2, 0) is 4.79 Å². The second kappa shape index (κ2) is 7.56. The molecule has 0 aliphatic carbocycles. The van der Waals surface area contributed by atoms with Crippen LogP contribution in [0.5, 0.6) is 11.5 Å². The largest absolute Gasteiger partial charge is 0.497 e. The fourth-order valence-electron chi connectivity index (χ4n) is 3.01. The summed E-state index contributed by atoms with van der Waals surface area (Å²) >= 11 is 1.39. The number of nitrogens with zero attached hydrogens (tertiary/aromatic N) is 1. The predicted octanol–water partition coefficient (Wildman–Crippen LogP) is 4.10. The Morgan fingerprint density at radius 2 is 2.10 bits per heavy atom. The van der Waals surface area contributed by atoms with Crippen LogP contribution in [0, 0.1) is 6.92 Å². The first kappa shape index (κ1) is 18.9. The molecule has 1 aliphatic heterocycles. The molecule has 2 aromatic carbocycles. The van der Waals surface area contributed by atoms with E-state index in [1.165, 1.54) is 11.3 Å². The van der Waals surface area contributed by atoms with Crippen LogP contribution in [0.4, 0.5) is 10.8 Å². The summed E-state index contributed by atoms with van der Waals surface area (Å²) in [6, 6.07) is 12.5. The zero-order valence-electron chi connectivity index (χ0n) is 16.1. The van der Waals surface area contributed by atoms with Gasteiger partial charge >= 0.3 is 0 Å². The first-order valence-electron chi connectivity index (χ1n) is 8.99. The van der Waals surface area contributed by atoms with Crippen LogP contribution in [0.25, 0.3) is 11.3 Å². The van der Waals surface area contributed by atoms with Crippen molar-refractivity contribution in [3.05, 3.63) is 52.9 Å². The first-order chi connectivity index (χ1) is 13.9. The van der Waals surface area contributed by atoms with Crippen LogP contribution >= 0.6 is 11.3 Å². The van der Waals surface area contributed by atoms with Crippen molar-refractivity contribution in [2.24, 2.45) is 0 Å². The number of rotatable bonds is 4. The molecule has 29 heavy (non-hydrogen) atoms. The molecule has 1 aliphatic rings. The van der Waals surface area contributed by atoms with Crippen LogP contribution in [0.2, 0.25) is 0 Å². The minimum absolute atomic E-state index is 0.184. The lowest BCUT2D eigenvalue weighted by molar-refractivity contribution is -0.122. The molecule has 148 valence electrons. The van der Waals surface area contributed by atoms with E-state index < -0.39 is 6.10 Å². The highest BCUT2D eigenvalue weighted by Crippen LogP contribution is 2.37. The number of hydrogen-bond donors (Lipinski definition) is 2. The molecule has 1 aromatic heterocycles. The Bertz CT molecular complexity index is 1110. The molecule has 4 rings (SSSR count). The van der Waals surface area contributed by atoms with Gasteiger partial charge in [0.15, 0.2) is 11.2 Å². The molecule has 0 saturated carbocycles. The van der Waals surface area contributed by atoms with E-state index in [1.54, 1.807) is 38.3 Å². The van der Waals surface area contributed by atoms with Crippen LogP contribution in [-0.4, -0.2) is 30.0 Å². The molecule has 0 unspecified atom stereocenters. The number of ether oxygens (including phenoxy) is 2. The minimum atomic E-state index is -0.521. The van der Waals surface area contributed by atoms with Crippen molar-refractivity contribution in [3.63, 3.8) is 0 Å². The highest BCUT2D eigenvalue weighted by atomic mass is 32.1. The van der Waals surface area contributed by atoms with Gasteiger partial charge in [0.25, 0.3) is 11.8 Å². The summed E-state index contributed by atoms with van der Waals surface area (Å²) in [6.07, 6.45) is -0.521. The number of carbonyl (C=O) groups is 2. The van der Waals surface area contributed by atoms with Gasteiger partial charge in [0.1, 0.15) is 11.5 Å². The van der Waals surface area contributed by atoms with Gasteiger partial charge in [-0.2, -0.15) is 0 Å². The molecule has 2 amide bonds. The van der Waals surface area contributed by atoms with Gasteiger partial charge in [0.05, 0.1) is 18.5 Å². The summed E-state index contributed by atoms with van der Waals surface area (Å²) < 4.78 is 10.8. The highest BCUT2D eigenvalue weighted by Gasteiger charge is 2.24. The molecule has 2 heterocycles. The second-order valence-electron chi connectivity index (χ2n) is 6.57. The zero-order chi connectivity index (χ0) is 20.5. The van der Waals surface area contributed by atoms with Gasteiger partial charge in [-0.25, -0.2) is 4.98 Å². The van der Waals surface area contributed by atoms with Crippen LogP contribution in [0.1, 0.15) is 22.2 Å². The summed E-state index contributed by atoms with van der Waals surface area (Å²) in [5.74, 6) is 0.793. The number of anilines is 2. The quantitative estimate of drug-likeness (QED) is 0.677. The maximum atomic E-state index is 12.5. The number of nitrogens with one attached hydrogen (secondary N) is 2. The molecular weight excluding hydrogens is 390 g/mol. The molecule has 0 radical (unpaired) electrons. The fraction of sp³-hybridized carbons (Fsp3) is 0.190. The van der Waals surface area contributed by atoms with Gasteiger partial charge in [0.2, 0.25) is 0 Å². The van der Waals surface area contributed by atoms with Crippen molar-refractivity contribution in [3.8, 4) is 22.8 Å². The van der Waals surface area contributed by atoms with Gasteiger partial charge < -0.3 is 14.8 Å². The average Bonchev–Trinajstić information content (AvgIpc) is 3.08. The van der Waals surface area contributed by atoms with E-state index in [0.717, 1.165) is 16.1 Å². The van der Waals surface area contributed by atoms with Gasteiger partial charge in [-0.1, -0.05) is 6.07 Å². The Hall–Kier alpha value is -3.39. The number of hydrogen-bond acceptors (Lipinski definition) is 6. The second-order valence-corrected chi connectivity index (χ2v) is 7.77. The van der Waals surface area contributed by atoms with Crippen LogP contribution < -0.4 is 20.1 Å². The molecular formula is C21H19N3O4S.